The van der Waals surface area contributed by atoms with Crippen molar-refractivity contribution in [3.05, 3.63) is 48.6 Å². The molecule has 0 saturated carbocycles. The first-order valence-electron chi connectivity index (χ1n) is 4.66. The molecule has 0 aliphatic carbocycles. The normalized spacial score (nSPS) is 12.3. The van der Waals surface area contributed by atoms with Crippen molar-refractivity contribution in [2.45, 2.75) is 12.4 Å². The van der Waals surface area contributed by atoms with Gasteiger partial charge in [-0.15, -0.1) is 0 Å². The minimum Gasteiger partial charge on any atom is -0.166 e. The topological polar surface area (TPSA) is 0 Å². The molecular formula is C12H8F6. The maximum absolute atomic E-state index is 12.4. The van der Waals surface area contributed by atoms with Crippen LogP contribution in [-0.2, 0) is 0 Å². The molecule has 1 rings (SSSR count). The molecule has 98 valence electrons. The van der Waals surface area contributed by atoms with Crippen molar-refractivity contribution < 1.29 is 26.3 Å². The highest BCUT2D eigenvalue weighted by Crippen LogP contribution is 2.36. The van der Waals surface area contributed by atoms with E-state index in [2.05, 4.69) is 13.2 Å². The van der Waals surface area contributed by atoms with Gasteiger partial charge in [0, 0.05) is 0 Å². The number of allylic oxidation sites excluding steroid dienone is 2. The van der Waals surface area contributed by atoms with Gasteiger partial charge >= 0.3 is 12.4 Å². The molecule has 0 amide bonds. The largest absolute Gasteiger partial charge is 0.416 e. The fourth-order valence-electron chi connectivity index (χ4n) is 1.22. The van der Waals surface area contributed by atoms with Crippen molar-refractivity contribution in [2.75, 3.05) is 0 Å². The van der Waals surface area contributed by atoms with Gasteiger partial charge in [0.1, 0.15) is 0 Å². The second kappa shape index (κ2) is 4.51. The third kappa shape index (κ3) is 3.15. The third-order valence-electron chi connectivity index (χ3n) is 2.24. The molecule has 18 heavy (non-hydrogen) atoms. The van der Waals surface area contributed by atoms with Crippen LogP contribution < -0.4 is 0 Å². The van der Waals surface area contributed by atoms with E-state index in [1.54, 1.807) is 0 Å². The zero-order valence-corrected chi connectivity index (χ0v) is 8.99. The van der Waals surface area contributed by atoms with E-state index in [1.165, 1.54) is 0 Å². The van der Waals surface area contributed by atoms with Crippen LogP contribution in [0.5, 0.6) is 0 Å². The molecule has 0 unspecified atom stereocenters. The Morgan fingerprint density at radius 1 is 0.778 bits per heavy atom. The molecule has 0 aliphatic rings. The minimum atomic E-state index is -4.68. The van der Waals surface area contributed by atoms with E-state index in [4.69, 9.17) is 0 Å². The standard InChI is InChI=1S/C12H8F6/c1-7(11(13,14)15)9-4-3-5-10(6-9)8(2)12(16,17)18/h3-6H,1-2H2. The van der Waals surface area contributed by atoms with Gasteiger partial charge in [0.25, 0.3) is 0 Å². The van der Waals surface area contributed by atoms with E-state index in [-0.39, 0.29) is 0 Å². The summed E-state index contributed by atoms with van der Waals surface area (Å²) in [5, 5.41) is 0. The third-order valence-corrected chi connectivity index (χ3v) is 2.24. The summed E-state index contributed by atoms with van der Waals surface area (Å²) in [6.07, 6.45) is -9.36. The summed E-state index contributed by atoms with van der Waals surface area (Å²) in [7, 11) is 0. The molecule has 0 nitrogen and oxygen atoms in total. The van der Waals surface area contributed by atoms with E-state index in [0.717, 1.165) is 24.3 Å². The zero-order valence-electron chi connectivity index (χ0n) is 8.99. The Kier molecular flexibility index (Phi) is 3.59. The van der Waals surface area contributed by atoms with E-state index in [1.807, 2.05) is 0 Å². The molecule has 0 bridgehead atoms. The van der Waals surface area contributed by atoms with Crippen molar-refractivity contribution in [3.8, 4) is 0 Å². The Morgan fingerprint density at radius 3 is 1.39 bits per heavy atom. The molecule has 0 saturated heterocycles. The van der Waals surface area contributed by atoms with Crippen LogP contribution in [0.1, 0.15) is 11.1 Å². The van der Waals surface area contributed by atoms with Crippen LogP contribution in [0, 0.1) is 0 Å². The summed E-state index contributed by atoms with van der Waals surface area (Å²) in [5.41, 5.74) is -3.21. The van der Waals surface area contributed by atoms with Crippen molar-refractivity contribution in [1.82, 2.24) is 0 Å². The van der Waals surface area contributed by atoms with Crippen LogP contribution in [0.15, 0.2) is 37.4 Å². The van der Waals surface area contributed by atoms with E-state index in [9.17, 15) is 26.3 Å². The van der Waals surface area contributed by atoms with Gasteiger partial charge in [0.2, 0.25) is 0 Å². The molecule has 0 aliphatic heterocycles. The van der Waals surface area contributed by atoms with Crippen molar-refractivity contribution in [1.29, 1.82) is 0 Å². The summed E-state index contributed by atoms with van der Waals surface area (Å²) in [6, 6.07) is 3.95. The van der Waals surface area contributed by atoms with Crippen molar-refractivity contribution in [3.63, 3.8) is 0 Å². The molecule has 0 aromatic heterocycles. The van der Waals surface area contributed by atoms with E-state index in [0.29, 0.717) is 0 Å². The molecule has 1 aromatic rings. The highest BCUT2D eigenvalue weighted by atomic mass is 19.4. The summed E-state index contributed by atoms with van der Waals surface area (Å²) in [4.78, 5) is 0. The summed E-state index contributed by atoms with van der Waals surface area (Å²) in [5.74, 6) is 0. The second-order valence-corrected chi connectivity index (χ2v) is 3.53. The number of alkyl halides is 6. The molecule has 0 N–H and O–H groups in total. The number of hydrogen-bond donors (Lipinski definition) is 0. The molecule has 0 atom stereocenters. The molecule has 6 heteroatoms. The lowest BCUT2D eigenvalue weighted by Gasteiger charge is -2.14. The van der Waals surface area contributed by atoms with Gasteiger partial charge in [-0.25, -0.2) is 0 Å². The SMILES string of the molecule is C=C(c1cccc(C(=C)C(F)(F)F)c1)C(F)(F)F. The monoisotopic (exact) mass is 266 g/mol. The number of rotatable bonds is 2. The predicted octanol–water partition coefficient (Wildman–Crippen LogP) is 4.84. The van der Waals surface area contributed by atoms with Crippen molar-refractivity contribution >= 4 is 11.1 Å². The van der Waals surface area contributed by atoms with Crippen LogP contribution in [-0.4, -0.2) is 12.4 Å². The number of halogens is 6. The van der Waals surface area contributed by atoms with E-state index < -0.39 is 34.6 Å². The first kappa shape index (κ1) is 14.3. The molecule has 0 heterocycles. The molecule has 1 aromatic carbocycles. The summed E-state index contributed by atoms with van der Waals surface area (Å²) in [6.45, 7) is 5.65. The Hall–Kier alpha value is -1.72. The van der Waals surface area contributed by atoms with Gasteiger partial charge in [0.05, 0.1) is 11.1 Å². The lowest BCUT2D eigenvalue weighted by molar-refractivity contribution is -0.0691. The minimum absolute atomic E-state index is 0.412. The van der Waals surface area contributed by atoms with Crippen LogP contribution in [0.4, 0.5) is 26.3 Å². The van der Waals surface area contributed by atoms with Crippen molar-refractivity contribution in [2.24, 2.45) is 0 Å². The average molecular weight is 266 g/mol. The molecule has 0 spiro atoms. The highest BCUT2D eigenvalue weighted by Gasteiger charge is 2.35. The van der Waals surface area contributed by atoms with Gasteiger partial charge in [-0.2, -0.15) is 26.3 Å². The number of benzene rings is 1. The lowest BCUT2D eigenvalue weighted by Crippen LogP contribution is -2.11. The van der Waals surface area contributed by atoms with Gasteiger partial charge < -0.3 is 0 Å². The van der Waals surface area contributed by atoms with Gasteiger partial charge in [0.15, 0.2) is 0 Å². The van der Waals surface area contributed by atoms with Crippen LogP contribution in [0.25, 0.3) is 11.1 Å². The lowest BCUT2D eigenvalue weighted by atomic mass is 10.00. The maximum atomic E-state index is 12.4. The van der Waals surface area contributed by atoms with E-state index >= 15 is 0 Å². The average Bonchev–Trinajstić information content (AvgIpc) is 2.24. The predicted molar refractivity (Wildman–Crippen MR) is 56.6 cm³/mol. The Morgan fingerprint density at radius 2 is 1.11 bits per heavy atom. The first-order chi connectivity index (χ1) is 8.03. The maximum Gasteiger partial charge on any atom is 0.416 e. The molecule has 0 fully saturated rings. The fraction of sp³-hybridized carbons (Fsp3) is 0.167. The second-order valence-electron chi connectivity index (χ2n) is 3.53. The van der Waals surface area contributed by atoms with Gasteiger partial charge in [-0.3, -0.25) is 0 Å². The van der Waals surface area contributed by atoms with Crippen LogP contribution in [0.3, 0.4) is 0 Å². The fourth-order valence-corrected chi connectivity index (χ4v) is 1.22. The van der Waals surface area contributed by atoms with Gasteiger partial charge in [-0.05, 0) is 17.2 Å². The zero-order chi connectivity index (χ0) is 14.1. The van der Waals surface area contributed by atoms with Crippen LogP contribution >= 0.6 is 0 Å². The quantitative estimate of drug-likeness (QED) is 0.672. The Labute approximate surface area is 99.2 Å². The van der Waals surface area contributed by atoms with Crippen LogP contribution in [0.2, 0.25) is 0 Å². The summed E-state index contributed by atoms with van der Waals surface area (Å²) < 4.78 is 74.1. The first-order valence-corrected chi connectivity index (χ1v) is 4.66. The number of hydrogen-bond acceptors (Lipinski definition) is 0. The highest BCUT2D eigenvalue weighted by molar-refractivity contribution is 5.74. The molecular weight excluding hydrogens is 258 g/mol. The Balaban J connectivity index is 3.16. The summed E-state index contributed by atoms with van der Waals surface area (Å²) >= 11 is 0. The Bertz CT molecular complexity index is 437. The smallest absolute Gasteiger partial charge is 0.166 e. The van der Waals surface area contributed by atoms with Gasteiger partial charge in [-0.1, -0.05) is 31.4 Å². The molecule has 0 radical (unpaired) electrons.